The number of carbonyl (C=O) groups excluding carboxylic acids is 1. The van der Waals surface area contributed by atoms with E-state index in [1.807, 2.05) is 71.0 Å². The summed E-state index contributed by atoms with van der Waals surface area (Å²) in [4.78, 5) is 29.8. The molecule has 1 aliphatic heterocycles. The van der Waals surface area contributed by atoms with Crippen LogP contribution in [0.3, 0.4) is 0 Å². The number of ether oxygens (including phenoxy) is 1. The fraction of sp³-hybridized carbons (Fsp3) is 0.304. The van der Waals surface area contributed by atoms with Gasteiger partial charge in [-0.1, -0.05) is 30.3 Å². The van der Waals surface area contributed by atoms with E-state index in [9.17, 15) is 9.59 Å². The van der Waals surface area contributed by atoms with Gasteiger partial charge in [-0.2, -0.15) is 0 Å². The number of hydrogen-bond donors (Lipinski definition) is 1. The number of nitrogens with zero attached hydrogens (tertiary/aromatic N) is 2. The molecule has 0 atom stereocenters. The number of hydrogen-bond acceptors (Lipinski definition) is 3. The lowest BCUT2D eigenvalue weighted by Gasteiger charge is -2.32. The fourth-order valence-corrected chi connectivity index (χ4v) is 3.95. The van der Waals surface area contributed by atoms with E-state index in [0.29, 0.717) is 19.7 Å². The van der Waals surface area contributed by atoms with Crippen molar-refractivity contribution in [2.75, 3.05) is 19.7 Å². The highest BCUT2D eigenvalue weighted by molar-refractivity contribution is 5.92. The quantitative estimate of drug-likeness (QED) is 0.676. The normalized spacial score (nSPS) is 15.3. The maximum absolute atomic E-state index is 12.6. The standard InChI is InChI=1S/C23H25N3O3/c1-2-29-21-10-6-3-7-17(21)11-12-22(27)25-15-13-18(14-16-25)26-20-9-5-4-8-19(20)24-23(26)28/h3-12,18H,2,13-16H2,1H3,(H,24,28)/b12-11+. The van der Waals surface area contributed by atoms with Gasteiger partial charge in [0.25, 0.3) is 0 Å². The molecule has 2 aromatic carbocycles. The fourth-order valence-electron chi connectivity index (χ4n) is 3.95. The zero-order valence-electron chi connectivity index (χ0n) is 16.5. The van der Waals surface area contributed by atoms with Crippen LogP contribution in [0.4, 0.5) is 0 Å². The maximum Gasteiger partial charge on any atom is 0.326 e. The number of rotatable bonds is 5. The highest BCUT2D eigenvalue weighted by Gasteiger charge is 2.25. The third-order valence-corrected chi connectivity index (χ3v) is 5.39. The van der Waals surface area contributed by atoms with Crippen LogP contribution in [-0.2, 0) is 4.79 Å². The molecule has 4 rings (SSSR count). The number of fused-ring (bicyclic) bond motifs is 1. The highest BCUT2D eigenvalue weighted by Crippen LogP contribution is 2.25. The molecular formula is C23H25N3O3. The first-order chi connectivity index (χ1) is 14.2. The Morgan fingerprint density at radius 1 is 1.14 bits per heavy atom. The molecule has 1 fully saturated rings. The van der Waals surface area contributed by atoms with Crippen molar-refractivity contribution in [2.24, 2.45) is 0 Å². The van der Waals surface area contributed by atoms with Gasteiger partial charge >= 0.3 is 5.69 Å². The summed E-state index contributed by atoms with van der Waals surface area (Å²) < 4.78 is 7.44. The van der Waals surface area contributed by atoms with Crippen molar-refractivity contribution >= 4 is 23.0 Å². The van der Waals surface area contributed by atoms with Gasteiger partial charge in [0.1, 0.15) is 5.75 Å². The minimum Gasteiger partial charge on any atom is -0.493 e. The first kappa shape index (κ1) is 19.1. The monoisotopic (exact) mass is 391 g/mol. The molecular weight excluding hydrogens is 366 g/mol. The number of benzene rings is 2. The lowest BCUT2D eigenvalue weighted by Crippen LogP contribution is -2.39. The number of H-pyrrole nitrogens is 1. The smallest absolute Gasteiger partial charge is 0.326 e. The summed E-state index contributed by atoms with van der Waals surface area (Å²) in [5.41, 5.74) is 2.59. The molecule has 6 heteroatoms. The lowest BCUT2D eigenvalue weighted by atomic mass is 10.0. The predicted octanol–water partition coefficient (Wildman–Crippen LogP) is 3.61. The second kappa shape index (κ2) is 8.39. The number of amides is 1. The van der Waals surface area contributed by atoms with Crippen LogP contribution in [0.1, 0.15) is 31.4 Å². The van der Waals surface area contributed by atoms with Crippen molar-refractivity contribution in [1.29, 1.82) is 0 Å². The molecule has 0 radical (unpaired) electrons. The molecule has 29 heavy (non-hydrogen) atoms. The van der Waals surface area contributed by atoms with Crippen LogP contribution in [0.15, 0.2) is 59.4 Å². The first-order valence-electron chi connectivity index (χ1n) is 10.1. The molecule has 6 nitrogen and oxygen atoms in total. The molecule has 3 aromatic rings. The Morgan fingerprint density at radius 2 is 1.86 bits per heavy atom. The first-order valence-corrected chi connectivity index (χ1v) is 10.1. The van der Waals surface area contributed by atoms with Crippen LogP contribution in [0.2, 0.25) is 0 Å². The van der Waals surface area contributed by atoms with Crippen molar-refractivity contribution in [3.8, 4) is 5.75 Å². The number of aromatic nitrogens is 2. The van der Waals surface area contributed by atoms with Crippen molar-refractivity contribution in [1.82, 2.24) is 14.5 Å². The van der Waals surface area contributed by atoms with E-state index in [1.165, 1.54) is 0 Å². The molecule has 0 aliphatic carbocycles. The van der Waals surface area contributed by atoms with Crippen LogP contribution in [0, 0.1) is 0 Å². The summed E-state index contributed by atoms with van der Waals surface area (Å²) in [5, 5.41) is 0. The third-order valence-electron chi connectivity index (χ3n) is 5.39. The van der Waals surface area contributed by atoms with Crippen LogP contribution < -0.4 is 10.4 Å². The third kappa shape index (κ3) is 3.97. The van der Waals surface area contributed by atoms with E-state index in [1.54, 1.807) is 6.08 Å². The van der Waals surface area contributed by atoms with Crippen molar-refractivity contribution in [3.63, 3.8) is 0 Å². The van der Waals surface area contributed by atoms with Gasteiger partial charge < -0.3 is 14.6 Å². The van der Waals surface area contributed by atoms with Crippen LogP contribution >= 0.6 is 0 Å². The van der Waals surface area contributed by atoms with E-state index < -0.39 is 0 Å². The molecule has 1 aromatic heterocycles. The summed E-state index contributed by atoms with van der Waals surface area (Å²) in [5.74, 6) is 0.762. The van der Waals surface area contributed by atoms with Gasteiger partial charge in [0, 0.05) is 30.8 Å². The largest absolute Gasteiger partial charge is 0.493 e. The van der Waals surface area contributed by atoms with Crippen molar-refractivity contribution < 1.29 is 9.53 Å². The van der Waals surface area contributed by atoms with Crippen LogP contribution in [0.5, 0.6) is 5.75 Å². The summed E-state index contributed by atoms with van der Waals surface area (Å²) in [6.07, 6.45) is 4.94. The van der Waals surface area contributed by atoms with Gasteiger partial charge in [0.05, 0.1) is 17.6 Å². The average molecular weight is 391 g/mol. The average Bonchev–Trinajstić information content (AvgIpc) is 3.09. The minimum atomic E-state index is -0.0802. The van der Waals surface area contributed by atoms with Gasteiger partial charge in [-0.25, -0.2) is 4.79 Å². The molecule has 2 heterocycles. The topological polar surface area (TPSA) is 67.3 Å². The summed E-state index contributed by atoms with van der Waals surface area (Å²) in [7, 11) is 0. The van der Waals surface area contributed by atoms with E-state index in [4.69, 9.17) is 4.74 Å². The Morgan fingerprint density at radius 3 is 2.66 bits per heavy atom. The number of carbonyl (C=O) groups is 1. The van der Waals surface area contributed by atoms with Crippen LogP contribution in [0.25, 0.3) is 17.1 Å². The van der Waals surface area contributed by atoms with Gasteiger partial charge in [0.15, 0.2) is 0 Å². The molecule has 0 unspecified atom stereocenters. The Hall–Kier alpha value is -3.28. The van der Waals surface area contributed by atoms with Crippen LogP contribution in [-0.4, -0.2) is 40.1 Å². The molecule has 1 saturated heterocycles. The lowest BCUT2D eigenvalue weighted by molar-refractivity contribution is -0.127. The summed E-state index contributed by atoms with van der Waals surface area (Å²) in [6.45, 7) is 3.79. The Labute approximate surface area is 169 Å². The van der Waals surface area contributed by atoms with Crippen molar-refractivity contribution in [3.05, 3.63) is 70.7 Å². The van der Waals surface area contributed by atoms with Crippen molar-refractivity contribution in [2.45, 2.75) is 25.8 Å². The zero-order chi connectivity index (χ0) is 20.2. The van der Waals surface area contributed by atoms with E-state index in [0.717, 1.165) is 35.2 Å². The number of imidazole rings is 1. The highest BCUT2D eigenvalue weighted by atomic mass is 16.5. The number of para-hydroxylation sites is 3. The number of nitrogens with one attached hydrogen (secondary N) is 1. The summed E-state index contributed by atoms with van der Waals surface area (Å²) in [6, 6.07) is 15.5. The number of likely N-dealkylation sites (tertiary alicyclic amines) is 1. The minimum absolute atomic E-state index is 0.0129. The van der Waals surface area contributed by atoms with E-state index >= 15 is 0 Å². The summed E-state index contributed by atoms with van der Waals surface area (Å²) >= 11 is 0. The molecule has 0 bridgehead atoms. The molecule has 0 saturated carbocycles. The zero-order valence-corrected chi connectivity index (χ0v) is 16.5. The van der Waals surface area contributed by atoms with Gasteiger partial charge in [0.2, 0.25) is 5.91 Å². The number of aromatic amines is 1. The maximum atomic E-state index is 12.6. The van der Waals surface area contributed by atoms with Gasteiger partial charge in [-0.05, 0) is 44.0 Å². The second-order valence-corrected chi connectivity index (χ2v) is 7.18. The Kier molecular flexibility index (Phi) is 5.51. The Balaban J connectivity index is 1.42. The Bertz CT molecular complexity index is 1090. The van der Waals surface area contributed by atoms with Gasteiger partial charge in [-0.15, -0.1) is 0 Å². The molecule has 1 N–H and O–H groups in total. The molecule has 150 valence electrons. The second-order valence-electron chi connectivity index (χ2n) is 7.18. The van der Waals surface area contributed by atoms with E-state index in [2.05, 4.69) is 4.98 Å². The molecule has 1 amide bonds. The predicted molar refractivity (Wildman–Crippen MR) is 114 cm³/mol. The van der Waals surface area contributed by atoms with Gasteiger partial charge in [-0.3, -0.25) is 9.36 Å². The molecule has 1 aliphatic rings. The molecule has 0 spiro atoms. The number of piperidine rings is 1. The van der Waals surface area contributed by atoms with E-state index in [-0.39, 0.29) is 17.6 Å². The SMILES string of the molecule is CCOc1ccccc1/C=C/C(=O)N1CCC(n2c(=O)[nH]c3ccccc32)CC1.